The Morgan fingerprint density at radius 1 is 1.21 bits per heavy atom. The lowest BCUT2D eigenvalue weighted by atomic mass is 10.2. The maximum absolute atomic E-state index is 12.1. The second-order valence-electron chi connectivity index (χ2n) is 4.23. The van der Waals surface area contributed by atoms with Crippen LogP contribution in [0.25, 0.3) is 0 Å². The van der Waals surface area contributed by atoms with Gasteiger partial charge in [0.05, 0.1) is 6.54 Å². The lowest BCUT2D eigenvalue weighted by Gasteiger charge is -2.14. The van der Waals surface area contributed by atoms with E-state index in [2.05, 4.69) is 5.32 Å². The summed E-state index contributed by atoms with van der Waals surface area (Å²) in [7, 11) is 3.04. The minimum atomic E-state index is -0.426. The fourth-order valence-electron chi connectivity index (χ4n) is 1.94. The molecule has 0 bridgehead atoms. The lowest BCUT2D eigenvalue weighted by molar-refractivity contribution is 0.657. The van der Waals surface area contributed by atoms with Crippen LogP contribution in [0.15, 0.2) is 39.9 Å². The Bertz CT molecular complexity index is 701. The van der Waals surface area contributed by atoms with Crippen molar-refractivity contribution in [1.82, 2.24) is 9.13 Å². The zero-order valence-electron chi connectivity index (χ0n) is 10.9. The van der Waals surface area contributed by atoms with E-state index >= 15 is 0 Å². The molecule has 0 aliphatic rings. The van der Waals surface area contributed by atoms with Crippen molar-refractivity contribution < 1.29 is 0 Å². The molecule has 0 saturated carbocycles. The molecular weight excluding hydrogens is 244 g/mol. The standard InChI is InChI=1S/C13H16N4O2/c1-15-10-11(14)17(13(19)16(2)12(10)18)8-9-6-4-3-5-7-9/h3-7,15H,8,14H2,1-2H3. The second-order valence-corrected chi connectivity index (χ2v) is 4.23. The summed E-state index contributed by atoms with van der Waals surface area (Å²) < 4.78 is 2.42. The Balaban J connectivity index is 2.61. The molecule has 2 rings (SSSR count). The van der Waals surface area contributed by atoms with Crippen molar-refractivity contribution >= 4 is 11.5 Å². The van der Waals surface area contributed by atoms with Crippen LogP contribution < -0.4 is 22.3 Å². The third-order valence-corrected chi connectivity index (χ3v) is 3.02. The fourth-order valence-corrected chi connectivity index (χ4v) is 1.94. The van der Waals surface area contributed by atoms with Crippen LogP contribution >= 0.6 is 0 Å². The summed E-state index contributed by atoms with van der Waals surface area (Å²) in [6.07, 6.45) is 0. The average molecular weight is 260 g/mol. The van der Waals surface area contributed by atoms with Crippen LogP contribution in [0.3, 0.4) is 0 Å². The van der Waals surface area contributed by atoms with Gasteiger partial charge in [-0.3, -0.25) is 13.9 Å². The molecule has 0 spiro atoms. The number of benzene rings is 1. The number of nitrogens with two attached hydrogens (primary N) is 1. The van der Waals surface area contributed by atoms with E-state index in [1.54, 1.807) is 7.05 Å². The Labute approximate surface area is 110 Å². The topological polar surface area (TPSA) is 82.0 Å². The maximum atomic E-state index is 12.1. The molecule has 1 aromatic heterocycles. The van der Waals surface area contributed by atoms with Gasteiger partial charge < -0.3 is 11.1 Å². The number of nitrogens with zero attached hydrogens (tertiary/aromatic N) is 2. The third-order valence-electron chi connectivity index (χ3n) is 3.02. The molecule has 0 amide bonds. The van der Waals surface area contributed by atoms with Crippen LogP contribution in [0.4, 0.5) is 11.5 Å². The van der Waals surface area contributed by atoms with E-state index in [0.717, 1.165) is 10.1 Å². The van der Waals surface area contributed by atoms with Crippen molar-refractivity contribution in [3.05, 3.63) is 56.7 Å². The Hall–Kier alpha value is -2.50. The van der Waals surface area contributed by atoms with Gasteiger partial charge >= 0.3 is 5.69 Å². The van der Waals surface area contributed by atoms with Crippen LogP contribution in [0.2, 0.25) is 0 Å². The normalized spacial score (nSPS) is 10.4. The van der Waals surface area contributed by atoms with Crippen LogP contribution in [0.5, 0.6) is 0 Å². The summed E-state index contributed by atoms with van der Waals surface area (Å²) in [5, 5.41) is 2.74. The van der Waals surface area contributed by atoms with Gasteiger partial charge in [-0.15, -0.1) is 0 Å². The van der Waals surface area contributed by atoms with Gasteiger partial charge in [-0.1, -0.05) is 30.3 Å². The predicted molar refractivity (Wildman–Crippen MR) is 75.4 cm³/mol. The summed E-state index contributed by atoms with van der Waals surface area (Å²) in [5.74, 6) is 0.152. The van der Waals surface area contributed by atoms with E-state index < -0.39 is 11.2 Å². The first-order valence-electron chi connectivity index (χ1n) is 5.87. The Kier molecular flexibility index (Phi) is 3.41. The Morgan fingerprint density at radius 2 is 1.84 bits per heavy atom. The zero-order chi connectivity index (χ0) is 14.0. The molecule has 0 aliphatic heterocycles. The van der Waals surface area contributed by atoms with Crippen molar-refractivity contribution in [3.8, 4) is 0 Å². The molecule has 0 aliphatic carbocycles. The van der Waals surface area contributed by atoms with Crippen molar-refractivity contribution in [2.24, 2.45) is 7.05 Å². The minimum absolute atomic E-state index is 0.152. The number of hydrogen-bond acceptors (Lipinski definition) is 4. The number of anilines is 2. The molecule has 0 radical (unpaired) electrons. The molecule has 2 aromatic rings. The molecule has 0 saturated heterocycles. The summed E-state index contributed by atoms with van der Waals surface area (Å²) in [6, 6.07) is 9.47. The molecule has 19 heavy (non-hydrogen) atoms. The third kappa shape index (κ3) is 2.24. The van der Waals surface area contributed by atoms with Gasteiger partial charge in [0, 0.05) is 14.1 Å². The van der Waals surface area contributed by atoms with Crippen molar-refractivity contribution in [2.45, 2.75) is 6.54 Å². The molecule has 0 unspecified atom stereocenters. The van der Waals surface area contributed by atoms with Crippen molar-refractivity contribution in [1.29, 1.82) is 0 Å². The monoisotopic (exact) mass is 260 g/mol. The van der Waals surface area contributed by atoms with Gasteiger partial charge in [-0.25, -0.2) is 4.79 Å². The maximum Gasteiger partial charge on any atom is 0.332 e. The van der Waals surface area contributed by atoms with E-state index in [0.29, 0.717) is 6.54 Å². The highest BCUT2D eigenvalue weighted by Gasteiger charge is 2.13. The molecule has 1 aromatic carbocycles. The van der Waals surface area contributed by atoms with Crippen LogP contribution in [-0.4, -0.2) is 16.2 Å². The highest BCUT2D eigenvalue weighted by atomic mass is 16.2. The first kappa shape index (κ1) is 12.9. The number of nitrogen functional groups attached to an aromatic ring is 1. The lowest BCUT2D eigenvalue weighted by Crippen LogP contribution is -2.40. The smallest absolute Gasteiger partial charge is 0.332 e. The molecule has 6 heteroatoms. The molecule has 6 nitrogen and oxygen atoms in total. The Morgan fingerprint density at radius 3 is 2.42 bits per heavy atom. The quantitative estimate of drug-likeness (QED) is 0.827. The van der Waals surface area contributed by atoms with Crippen LogP contribution in [-0.2, 0) is 13.6 Å². The molecule has 100 valence electrons. The minimum Gasteiger partial charge on any atom is -0.383 e. The zero-order valence-corrected chi connectivity index (χ0v) is 10.9. The van der Waals surface area contributed by atoms with Gasteiger partial charge in [0.15, 0.2) is 0 Å². The van der Waals surface area contributed by atoms with Gasteiger partial charge in [-0.05, 0) is 5.56 Å². The highest BCUT2D eigenvalue weighted by molar-refractivity contribution is 5.60. The van der Waals surface area contributed by atoms with E-state index in [9.17, 15) is 9.59 Å². The van der Waals surface area contributed by atoms with E-state index in [4.69, 9.17) is 5.73 Å². The van der Waals surface area contributed by atoms with Crippen molar-refractivity contribution in [3.63, 3.8) is 0 Å². The summed E-state index contributed by atoms with van der Waals surface area (Å²) in [6.45, 7) is 0.328. The summed E-state index contributed by atoms with van der Waals surface area (Å²) in [5.41, 5.74) is 6.23. The number of rotatable bonds is 3. The predicted octanol–water partition coefficient (Wildman–Crippen LogP) is 0.219. The number of aromatic nitrogens is 2. The van der Waals surface area contributed by atoms with Crippen molar-refractivity contribution in [2.75, 3.05) is 18.1 Å². The van der Waals surface area contributed by atoms with Crippen LogP contribution in [0.1, 0.15) is 5.56 Å². The number of nitrogens with one attached hydrogen (secondary N) is 1. The largest absolute Gasteiger partial charge is 0.383 e. The fraction of sp³-hybridized carbons (Fsp3) is 0.231. The van der Waals surface area contributed by atoms with Gasteiger partial charge in [0.2, 0.25) is 0 Å². The summed E-state index contributed by atoms with van der Waals surface area (Å²) in [4.78, 5) is 24.0. The van der Waals surface area contributed by atoms with Gasteiger partial charge in [0.25, 0.3) is 5.56 Å². The second kappa shape index (κ2) is 5.01. The van der Waals surface area contributed by atoms with E-state index in [-0.39, 0.29) is 11.5 Å². The van der Waals surface area contributed by atoms with Gasteiger partial charge in [-0.2, -0.15) is 0 Å². The first-order valence-corrected chi connectivity index (χ1v) is 5.87. The SMILES string of the molecule is CNc1c(N)n(Cc2ccccc2)c(=O)n(C)c1=O. The highest BCUT2D eigenvalue weighted by Crippen LogP contribution is 2.11. The van der Waals surface area contributed by atoms with Crippen LogP contribution in [0, 0.1) is 0 Å². The van der Waals surface area contributed by atoms with E-state index in [1.165, 1.54) is 11.6 Å². The summed E-state index contributed by atoms with van der Waals surface area (Å²) >= 11 is 0. The molecular formula is C13H16N4O2. The molecule has 0 fully saturated rings. The molecule has 0 atom stereocenters. The molecule has 3 N–H and O–H groups in total. The average Bonchev–Trinajstić information content (AvgIpc) is 2.43. The van der Waals surface area contributed by atoms with Gasteiger partial charge in [0.1, 0.15) is 11.5 Å². The van der Waals surface area contributed by atoms with E-state index in [1.807, 2.05) is 30.3 Å². The number of hydrogen-bond donors (Lipinski definition) is 2. The molecule has 1 heterocycles. The first-order chi connectivity index (χ1) is 9.06.